The van der Waals surface area contributed by atoms with Crippen molar-refractivity contribution in [2.24, 2.45) is 4.99 Å². The standard InChI is InChI=1S/C18H19F3N4O/c1-10-17(11(2)25(23-10)9-16(26)24(3)4)14-6-13(18(19,20)21)5-12-7-22-8-15(12)14/h5-6,8H,7,9H2,1-4H3. The van der Waals surface area contributed by atoms with Gasteiger partial charge in [0.2, 0.25) is 5.91 Å². The van der Waals surface area contributed by atoms with Gasteiger partial charge in [-0.3, -0.25) is 14.5 Å². The third kappa shape index (κ3) is 3.11. The van der Waals surface area contributed by atoms with E-state index in [1.165, 1.54) is 9.58 Å². The summed E-state index contributed by atoms with van der Waals surface area (Å²) in [5, 5.41) is 4.37. The fourth-order valence-electron chi connectivity index (χ4n) is 3.11. The van der Waals surface area contributed by atoms with Crippen LogP contribution in [-0.4, -0.2) is 40.9 Å². The summed E-state index contributed by atoms with van der Waals surface area (Å²) in [7, 11) is 3.29. The second-order valence-corrected chi connectivity index (χ2v) is 6.56. The van der Waals surface area contributed by atoms with E-state index in [0.29, 0.717) is 33.6 Å². The van der Waals surface area contributed by atoms with Gasteiger partial charge < -0.3 is 4.90 Å². The normalized spacial score (nSPS) is 13.2. The minimum atomic E-state index is -4.44. The van der Waals surface area contributed by atoms with Crippen molar-refractivity contribution in [3.63, 3.8) is 0 Å². The first-order chi connectivity index (χ1) is 12.1. The molecule has 1 aliphatic rings. The van der Waals surface area contributed by atoms with E-state index in [2.05, 4.69) is 10.1 Å². The molecule has 8 heteroatoms. The van der Waals surface area contributed by atoms with E-state index in [1.807, 2.05) is 0 Å². The SMILES string of the molecule is Cc1nn(CC(=O)N(C)C)c(C)c1-c1cc(C(F)(F)F)cc2c1C=NC2. The summed E-state index contributed by atoms with van der Waals surface area (Å²) in [6.07, 6.45) is -2.84. The molecule has 0 radical (unpaired) electrons. The Morgan fingerprint density at radius 3 is 2.58 bits per heavy atom. The van der Waals surface area contributed by atoms with Gasteiger partial charge in [0.1, 0.15) is 6.54 Å². The fraction of sp³-hybridized carbons (Fsp3) is 0.389. The van der Waals surface area contributed by atoms with Crippen molar-refractivity contribution < 1.29 is 18.0 Å². The number of aliphatic imine (C=N–C) groups is 1. The number of aryl methyl sites for hydroxylation is 1. The summed E-state index contributed by atoms with van der Waals surface area (Å²) in [6.45, 7) is 3.77. The van der Waals surface area contributed by atoms with E-state index < -0.39 is 11.7 Å². The molecule has 3 rings (SSSR count). The Morgan fingerprint density at radius 2 is 1.96 bits per heavy atom. The van der Waals surface area contributed by atoms with E-state index >= 15 is 0 Å². The smallest absolute Gasteiger partial charge is 0.347 e. The van der Waals surface area contributed by atoms with Crippen LogP contribution in [-0.2, 0) is 24.1 Å². The Kier molecular flexibility index (Phi) is 4.37. The van der Waals surface area contributed by atoms with Crippen LogP contribution in [0.5, 0.6) is 0 Å². The van der Waals surface area contributed by atoms with Gasteiger partial charge in [-0.15, -0.1) is 0 Å². The first kappa shape index (κ1) is 18.2. The van der Waals surface area contributed by atoms with Crippen LogP contribution < -0.4 is 0 Å². The maximum absolute atomic E-state index is 13.3. The van der Waals surface area contributed by atoms with Gasteiger partial charge >= 0.3 is 6.18 Å². The third-order valence-corrected chi connectivity index (χ3v) is 4.51. The number of alkyl halides is 3. The van der Waals surface area contributed by atoms with Crippen LogP contribution in [0.4, 0.5) is 13.2 Å². The Labute approximate surface area is 149 Å². The predicted octanol–water partition coefficient (Wildman–Crippen LogP) is 3.21. The van der Waals surface area contributed by atoms with Gasteiger partial charge in [-0.2, -0.15) is 18.3 Å². The van der Waals surface area contributed by atoms with Crippen LogP contribution in [0.1, 0.15) is 28.1 Å². The summed E-state index contributed by atoms with van der Waals surface area (Å²) in [5.41, 5.74) is 2.83. The lowest BCUT2D eigenvalue weighted by Gasteiger charge is -2.14. The van der Waals surface area contributed by atoms with Crippen LogP contribution in [0.2, 0.25) is 0 Å². The monoisotopic (exact) mass is 364 g/mol. The van der Waals surface area contributed by atoms with Crippen LogP contribution in [0.15, 0.2) is 17.1 Å². The molecule has 0 atom stereocenters. The molecule has 26 heavy (non-hydrogen) atoms. The number of rotatable bonds is 3. The van der Waals surface area contributed by atoms with Crippen molar-refractivity contribution in [3.05, 3.63) is 40.2 Å². The van der Waals surface area contributed by atoms with Gasteiger partial charge in [0.25, 0.3) is 0 Å². The average Bonchev–Trinajstić information content (AvgIpc) is 3.11. The lowest BCUT2D eigenvalue weighted by molar-refractivity contribution is -0.137. The predicted molar refractivity (Wildman–Crippen MR) is 92.1 cm³/mol. The minimum absolute atomic E-state index is 0.0366. The molecule has 2 heterocycles. The van der Waals surface area contributed by atoms with Gasteiger partial charge in [0.15, 0.2) is 0 Å². The summed E-state index contributed by atoms with van der Waals surface area (Å²) in [5.74, 6) is -0.141. The van der Waals surface area contributed by atoms with Gasteiger partial charge in [-0.05, 0) is 37.1 Å². The fourth-order valence-corrected chi connectivity index (χ4v) is 3.11. The molecule has 0 unspecified atom stereocenters. The topological polar surface area (TPSA) is 50.5 Å². The average molecular weight is 364 g/mol. The van der Waals surface area contributed by atoms with Crippen LogP contribution in [0, 0.1) is 13.8 Å². The molecule has 1 amide bonds. The van der Waals surface area contributed by atoms with Gasteiger partial charge in [0, 0.05) is 37.1 Å². The molecule has 0 saturated heterocycles. The Morgan fingerprint density at radius 1 is 1.27 bits per heavy atom. The number of benzene rings is 1. The number of aromatic nitrogens is 2. The Bertz CT molecular complexity index is 910. The van der Waals surface area contributed by atoms with E-state index in [9.17, 15) is 18.0 Å². The summed E-state index contributed by atoms with van der Waals surface area (Å²) in [6, 6.07) is 2.29. The highest BCUT2D eigenvalue weighted by Crippen LogP contribution is 2.39. The molecule has 1 aromatic carbocycles. The molecule has 0 fully saturated rings. The minimum Gasteiger partial charge on any atom is -0.347 e. The maximum Gasteiger partial charge on any atom is 0.416 e. The summed E-state index contributed by atoms with van der Waals surface area (Å²) < 4.78 is 41.5. The van der Waals surface area contributed by atoms with Crippen molar-refractivity contribution >= 4 is 12.1 Å². The quantitative estimate of drug-likeness (QED) is 0.840. The van der Waals surface area contributed by atoms with Crippen molar-refractivity contribution in [1.29, 1.82) is 0 Å². The lowest BCUT2D eigenvalue weighted by Crippen LogP contribution is -2.27. The first-order valence-corrected chi connectivity index (χ1v) is 8.08. The van der Waals surface area contributed by atoms with Crippen molar-refractivity contribution in [2.75, 3.05) is 14.1 Å². The number of carbonyl (C=O) groups excluding carboxylic acids is 1. The highest BCUT2D eigenvalue weighted by atomic mass is 19.4. The molecule has 2 aromatic rings. The number of hydrogen-bond acceptors (Lipinski definition) is 3. The zero-order valence-corrected chi connectivity index (χ0v) is 15.0. The first-order valence-electron chi connectivity index (χ1n) is 8.08. The van der Waals surface area contributed by atoms with Crippen LogP contribution in [0.3, 0.4) is 0 Å². The summed E-state index contributed by atoms with van der Waals surface area (Å²) in [4.78, 5) is 17.6. The second-order valence-electron chi connectivity index (χ2n) is 6.56. The number of halogens is 3. The Balaban J connectivity index is 2.16. The molecule has 0 N–H and O–H groups in total. The van der Waals surface area contributed by atoms with E-state index in [0.717, 1.165) is 12.1 Å². The number of nitrogens with zero attached hydrogens (tertiary/aromatic N) is 4. The van der Waals surface area contributed by atoms with E-state index in [1.54, 1.807) is 34.2 Å². The highest BCUT2D eigenvalue weighted by Gasteiger charge is 2.33. The van der Waals surface area contributed by atoms with Crippen molar-refractivity contribution in [2.45, 2.75) is 33.1 Å². The number of carbonyl (C=O) groups is 1. The van der Waals surface area contributed by atoms with Gasteiger partial charge in [-0.1, -0.05) is 0 Å². The molecule has 1 aliphatic heterocycles. The highest BCUT2D eigenvalue weighted by molar-refractivity contribution is 5.95. The number of amides is 1. The zero-order chi connectivity index (χ0) is 19.2. The molecule has 138 valence electrons. The molecular weight excluding hydrogens is 345 g/mol. The van der Waals surface area contributed by atoms with Crippen molar-refractivity contribution in [1.82, 2.24) is 14.7 Å². The van der Waals surface area contributed by atoms with Gasteiger partial charge in [-0.25, -0.2) is 0 Å². The largest absolute Gasteiger partial charge is 0.416 e. The van der Waals surface area contributed by atoms with Crippen LogP contribution >= 0.6 is 0 Å². The molecular formula is C18H19F3N4O. The lowest BCUT2D eigenvalue weighted by atomic mass is 9.93. The number of likely N-dealkylation sites (N-methyl/N-ethyl adjacent to an activating group) is 1. The molecule has 0 aliphatic carbocycles. The van der Waals surface area contributed by atoms with E-state index in [-0.39, 0.29) is 19.0 Å². The van der Waals surface area contributed by atoms with Gasteiger partial charge in [0.05, 0.1) is 17.8 Å². The van der Waals surface area contributed by atoms with Crippen molar-refractivity contribution in [3.8, 4) is 11.1 Å². The molecule has 5 nitrogen and oxygen atoms in total. The molecule has 0 saturated carbocycles. The molecule has 0 spiro atoms. The Hall–Kier alpha value is -2.64. The van der Waals surface area contributed by atoms with Crippen LogP contribution in [0.25, 0.3) is 11.1 Å². The maximum atomic E-state index is 13.3. The molecule has 1 aromatic heterocycles. The number of fused-ring (bicyclic) bond motifs is 1. The second kappa shape index (κ2) is 6.26. The van der Waals surface area contributed by atoms with E-state index in [4.69, 9.17) is 0 Å². The zero-order valence-electron chi connectivity index (χ0n) is 15.0. The molecule has 0 bridgehead atoms. The summed E-state index contributed by atoms with van der Waals surface area (Å²) >= 11 is 0. The third-order valence-electron chi connectivity index (χ3n) is 4.51. The number of hydrogen-bond donors (Lipinski definition) is 0.